The lowest BCUT2D eigenvalue weighted by atomic mass is 9.85. The number of hydrogen-bond acceptors (Lipinski definition) is 26. The van der Waals surface area contributed by atoms with Crippen LogP contribution >= 0.6 is 0 Å². The molecule has 5 aliphatic rings. The second-order valence-electron chi connectivity index (χ2n) is 27.2. The second-order valence-corrected chi connectivity index (χ2v) is 27.2. The molecule has 0 aromatic carbocycles. The molecule has 8 N–H and O–H groups in total. The Hall–Kier alpha value is -11.8. The van der Waals surface area contributed by atoms with Crippen molar-refractivity contribution < 1.29 is 57.4 Å². The minimum Gasteiger partial charge on any atom is -0.379 e. The van der Waals surface area contributed by atoms with Gasteiger partial charge in [-0.15, -0.1) is 0 Å². The number of ether oxygens (including phenoxy) is 1. The van der Waals surface area contributed by atoms with E-state index in [1.807, 2.05) is 65.0 Å². The summed E-state index contributed by atoms with van der Waals surface area (Å²) in [6, 6.07) is 1.48. The molecule has 608 valence electrons. The third kappa shape index (κ3) is 17.8. The van der Waals surface area contributed by atoms with Gasteiger partial charge in [0, 0.05) is 89.9 Å². The van der Waals surface area contributed by atoms with E-state index in [1.54, 1.807) is 69.2 Å². The van der Waals surface area contributed by atoms with Gasteiger partial charge in [-0.1, -0.05) is 0 Å². The molecular weight excluding hydrogens is 1520 g/mol. The van der Waals surface area contributed by atoms with E-state index in [1.165, 1.54) is 7.05 Å². The van der Waals surface area contributed by atoms with Crippen LogP contribution in [0.15, 0.2) is 87.0 Å². The molecule has 2 unspecified atom stereocenters. The van der Waals surface area contributed by atoms with Crippen LogP contribution in [0, 0.1) is 27.7 Å². The van der Waals surface area contributed by atoms with Gasteiger partial charge in [-0.2, -0.15) is 108 Å². The number of fused-ring (bicyclic) bond motifs is 2. The van der Waals surface area contributed by atoms with E-state index in [2.05, 4.69) is 137 Å². The Labute approximate surface area is 643 Å². The number of rotatable bonds is 21. The Kier molecular flexibility index (Phi) is 23.6. The number of alkyl halides is 12. The summed E-state index contributed by atoms with van der Waals surface area (Å²) in [5.74, 6) is -0.724. The molecule has 2 atom stereocenters. The Morgan fingerprint density at radius 3 is 1.23 bits per heavy atom. The lowest BCUT2D eigenvalue weighted by Gasteiger charge is -2.44. The molecule has 0 bridgehead atoms. The van der Waals surface area contributed by atoms with Crippen LogP contribution in [0.25, 0.3) is 0 Å². The quantitative estimate of drug-likeness (QED) is 0.0310. The van der Waals surface area contributed by atoms with Crippen LogP contribution < -0.4 is 42.5 Å². The first-order valence-corrected chi connectivity index (χ1v) is 36.6. The van der Waals surface area contributed by atoms with Gasteiger partial charge in [0.15, 0.2) is 0 Å². The summed E-state index contributed by atoms with van der Waals surface area (Å²) in [7, 11) is 1.38. The van der Waals surface area contributed by atoms with Gasteiger partial charge >= 0.3 is 24.7 Å². The fourth-order valence-electron chi connectivity index (χ4n) is 13.9. The van der Waals surface area contributed by atoms with Crippen LogP contribution in [0.4, 0.5) is 122 Å². The van der Waals surface area contributed by atoms with Crippen molar-refractivity contribution in [3.8, 4) is 0 Å². The zero-order valence-corrected chi connectivity index (χ0v) is 62.8. The molecular formula is C69H82F12N32O. The van der Waals surface area contributed by atoms with Gasteiger partial charge in [0.05, 0.1) is 156 Å². The van der Waals surface area contributed by atoms with Crippen LogP contribution in [-0.2, 0) is 42.5 Å². The Morgan fingerprint density at radius 1 is 0.430 bits per heavy atom. The van der Waals surface area contributed by atoms with E-state index in [0.717, 1.165) is 131 Å². The van der Waals surface area contributed by atoms with E-state index in [9.17, 15) is 52.7 Å². The van der Waals surface area contributed by atoms with Crippen molar-refractivity contribution in [2.45, 2.75) is 161 Å². The number of nitrogens with zero attached hydrogens (tertiary/aromatic N) is 24. The van der Waals surface area contributed by atoms with E-state index in [0.29, 0.717) is 60.2 Å². The van der Waals surface area contributed by atoms with E-state index in [4.69, 9.17) is 4.74 Å². The summed E-state index contributed by atoms with van der Waals surface area (Å²) in [6.45, 7) is 18.9. The molecule has 1 saturated heterocycles. The maximum atomic E-state index is 13.1. The minimum atomic E-state index is -4.53. The predicted octanol–water partition coefficient (Wildman–Crippen LogP) is 12.9. The second kappa shape index (κ2) is 33.5. The predicted molar refractivity (Wildman–Crippen MR) is 393 cm³/mol. The molecule has 0 spiro atoms. The van der Waals surface area contributed by atoms with E-state index < -0.39 is 47.0 Å². The average Bonchev–Trinajstić information content (AvgIpc) is 1.61. The van der Waals surface area contributed by atoms with Crippen molar-refractivity contribution in [1.29, 1.82) is 0 Å². The zero-order chi connectivity index (χ0) is 81.0. The summed E-state index contributed by atoms with van der Waals surface area (Å²) < 4.78 is 174. The van der Waals surface area contributed by atoms with Gasteiger partial charge in [0.1, 0.15) is 45.5 Å². The maximum Gasteiger partial charge on any atom is 0.421 e. The third-order valence-electron chi connectivity index (χ3n) is 19.9. The molecule has 11 aromatic rings. The Morgan fingerprint density at radius 2 is 0.807 bits per heavy atom. The molecule has 45 heteroatoms. The number of aryl methyl sites for hydroxylation is 3. The first-order valence-electron chi connectivity index (χ1n) is 36.6. The van der Waals surface area contributed by atoms with Crippen molar-refractivity contribution in [2.75, 3.05) is 95.5 Å². The number of aromatic nitrogens is 23. The van der Waals surface area contributed by atoms with Gasteiger partial charge in [-0.3, -0.25) is 23.6 Å². The Balaban J connectivity index is 0.000000133. The van der Waals surface area contributed by atoms with Gasteiger partial charge in [0.25, 0.3) is 0 Å². The summed E-state index contributed by atoms with van der Waals surface area (Å²) in [4.78, 5) is 43.7. The lowest BCUT2D eigenvalue weighted by molar-refractivity contribution is -0.138. The van der Waals surface area contributed by atoms with Crippen molar-refractivity contribution in [2.24, 2.45) is 0 Å². The lowest BCUT2D eigenvalue weighted by Crippen LogP contribution is -2.50. The monoisotopic (exact) mass is 1600 g/mol. The molecule has 11 aromatic heterocycles. The van der Waals surface area contributed by atoms with E-state index in [-0.39, 0.29) is 71.2 Å². The largest absolute Gasteiger partial charge is 0.421 e. The number of anilines is 12. The highest BCUT2D eigenvalue weighted by Gasteiger charge is 2.41. The number of imidazole rings is 2. The standard InChI is InChI=1S/C19H26F3N7O.C17H20F3N9.C17H19F3N8.C16H17F3N8/c1-3-23-17-15(19(20,21)22)10-24-18(27-17)26-16-11-25-29(12(16)2)14-8-13(9-14)28-4-6-30-7-5-28;1-3-21-15-13(17(18,19)20)8-22-16(27-15)26-14-9-25-28(10(14)2)11-6-12(7-11)29-23-4-5-24-29;1-3-22-15-11(17(18,19)20)6-23-16(25-15)24-12-8-28(26-10(12)2)13-4-5-27-9-21-7-14(13)27;1-9-11(6-23-27(9)12-3-4-26-8-21-7-13(12)26)24-15-22-5-10(16(17,18)19)14(20-2)25-15/h10-11,13-14H,3-9H2,1-2H3,(H2,23,24,26,27);4-5,8-9,11-12H,3,6-7H2,1-2H3,(H2,21,22,26,27);6-9,13H,3-5H2,1-2H3,(H2,22,23,24,25);5-8,12H,3-4H2,1-2H3,(H2,20,22,24,25). The molecule has 3 aliphatic heterocycles. The highest BCUT2D eigenvalue weighted by molar-refractivity contribution is 5.62. The average molecular weight is 1600 g/mol. The fourth-order valence-corrected chi connectivity index (χ4v) is 13.9. The Bertz CT molecular complexity index is 5060. The van der Waals surface area contributed by atoms with Crippen LogP contribution in [0.2, 0.25) is 0 Å². The normalized spacial score (nSPS) is 18.7. The molecule has 14 heterocycles. The van der Waals surface area contributed by atoms with Crippen LogP contribution in [0.3, 0.4) is 0 Å². The molecule has 33 nitrogen and oxygen atoms in total. The van der Waals surface area contributed by atoms with Crippen molar-refractivity contribution in [3.63, 3.8) is 0 Å². The van der Waals surface area contributed by atoms with Crippen molar-refractivity contribution in [3.05, 3.63) is 143 Å². The fraction of sp³-hybridized carbons (Fsp3) is 0.478. The molecule has 2 saturated carbocycles. The van der Waals surface area contributed by atoms with Gasteiger partial charge in [-0.25, -0.2) is 29.9 Å². The first kappa shape index (κ1) is 80.3. The van der Waals surface area contributed by atoms with Crippen molar-refractivity contribution >= 4 is 69.8 Å². The first-order chi connectivity index (χ1) is 54.5. The molecule has 16 rings (SSSR count). The summed E-state index contributed by atoms with van der Waals surface area (Å²) in [5.41, 5.74) is 4.48. The molecule has 0 radical (unpaired) electrons. The molecule has 3 fully saturated rings. The number of morpholine rings is 1. The topological polar surface area (TPSA) is 349 Å². The SMILES string of the molecule is CCNc1nc(Nc2cn(C3CCn4cncc43)nc2C)ncc1C(F)(F)F.CCNc1nc(Nc2cnn(C3CC(N4CCOCC4)C3)c2C)ncc1C(F)(F)F.CCNc1nc(Nc2cnn(C3CC(n4nccn4)C3)c2C)ncc1C(F)(F)F.CNc1nc(Nc2cnn(C3CCn4cncc43)c2C)ncc1C(F)(F)F. The summed E-state index contributed by atoms with van der Waals surface area (Å²) in [6.07, 6.45) is 7.89. The van der Waals surface area contributed by atoms with Crippen LogP contribution in [-0.4, -0.2) is 177 Å². The molecule has 114 heavy (non-hydrogen) atoms. The number of halogens is 12. The maximum absolute atomic E-state index is 13.1. The van der Waals surface area contributed by atoms with Gasteiger partial charge in [0.2, 0.25) is 23.8 Å². The number of hydrogen-bond donors (Lipinski definition) is 8. The smallest absolute Gasteiger partial charge is 0.379 e. The molecule has 2 aliphatic carbocycles. The zero-order valence-electron chi connectivity index (χ0n) is 62.8. The van der Waals surface area contributed by atoms with Crippen LogP contribution in [0.5, 0.6) is 0 Å². The van der Waals surface area contributed by atoms with Crippen molar-refractivity contribution in [1.82, 2.24) is 118 Å². The minimum absolute atomic E-state index is 0.0615. The van der Waals surface area contributed by atoms with Gasteiger partial charge < -0.3 is 56.4 Å². The van der Waals surface area contributed by atoms with Crippen LogP contribution in [0.1, 0.15) is 146 Å². The third-order valence-corrected chi connectivity index (χ3v) is 19.9. The summed E-state index contributed by atoms with van der Waals surface area (Å²) in [5, 5.41) is 48.5. The highest BCUT2D eigenvalue weighted by Crippen LogP contribution is 2.44. The number of nitrogens with one attached hydrogen (secondary N) is 8. The highest BCUT2D eigenvalue weighted by atomic mass is 19.4. The van der Waals surface area contributed by atoms with Gasteiger partial charge in [-0.05, 0) is 87.0 Å². The van der Waals surface area contributed by atoms with E-state index >= 15 is 0 Å². The summed E-state index contributed by atoms with van der Waals surface area (Å²) >= 11 is 0. The molecule has 0 amide bonds.